The van der Waals surface area contributed by atoms with E-state index < -0.39 is 0 Å². The molecule has 2 heteroatoms. The van der Waals surface area contributed by atoms with Crippen molar-refractivity contribution in [2.75, 3.05) is 13.6 Å². The standard InChI is InChI=1S/C16H26N2/c1-3-5-13-6-8-14(9-7-13)15(18-2)16(12-17)10-4-11-16/h6-9,15,18H,3-5,10-12,17H2,1-2H3. The van der Waals surface area contributed by atoms with Crippen molar-refractivity contribution in [1.29, 1.82) is 0 Å². The van der Waals surface area contributed by atoms with Gasteiger partial charge in [0.25, 0.3) is 0 Å². The lowest BCUT2D eigenvalue weighted by molar-refractivity contribution is 0.0880. The fourth-order valence-electron chi connectivity index (χ4n) is 3.23. The third-order valence-corrected chi connectivity index (χ3v) is 4.51. The van der Waals surface area contributed by atoms with Gasteiger partial charge in [0.1, 0.15) is 0 Å². The van der Waals surface area contributed by atoms with Crippen molar-refractivity contribution in [3.63, 3.8) is 0 Å². The minimum absolute atomic E-state index is 0.293. The zero-order valence-electron chi connectivity index (χ0n) is 11.7. The molecule has 2 rings (SSSR count). The van der Waals surface area contributed by atoms with Crippen molar-refractivity contribution in [2.24, 2.45) is 11.1 Å². The fraction of sp³-hybridized carbons (Fsp3) is 0.625. The van der Waals surface area contributed by atoms with Crippen molar-refractivity contribution < 1.29 is 0 Å². The maximum Gasteiger partial charge on any atom is 0.0386 e. The number of aryl methyl sites for hydroxylation is 1. The first kappa shape index (κ1) is 13.6. The van der Waals surface area contributed by atoms with E-state index in [4.69, 9.17) is 5.73 Å². The van der Waals surface area contributed by atoms with Crippen LogP contribution in [0.25, 0.3) is 0 Å². The Morgan fingerprint density at radius 1 is 1.28 bits per heavy atom. The van der Waals surface area contributed by atoms with Gasteiger partial charge >= 0.3 is 0 Å². The molecule has 0 amide bonds. The summed E-state index contributed by atoms with van der Waals surface area (Å²) in [5.74, 6) is 0. The molecule has 1 unspecified atom stereocenters. The Kier molecular flexibility index (Phi) is 4.41. The molecule has 0 bridgehead atoms. The van der Waals surface area contributed by atoms with Crippen molar-refractivity contribution in [3.05, 3.63) is 35.4 Å². The highest BCUT2D eigenvalue weighted by atomic mass is 14.9. The first-order valence-corrected chi connectivity index (χ1v) is 7.22. The van der Waals surface area contributed by atoms with Crippen LogP contribution in [0.1, 0.15) is 49.8 Å². The second kappa shape index (κ2) is 5.85. The van der Waals surface area contributed by atoms with Crippen molar-refractivity contribution in [2.45, 2.75) is 45.1 Å². The summed E-state index contributed by atoms with van der Waals surface area (Å²) >= 11 is 0. The van der Waals surface area contributed by atoms with Crippen LogP contribution in [0.5, 0.6) is 0 Å². The van der Waals surface area contributed by atoms with E-state index in [0.717, 1.165) is 6.54 Å². The summed E-state index contributed by atoms with van der Waals surface area (Å²) in [6.45, 7) is 3.01. The van der Waals surface area contributed by atoms with E-state index in [9.17, 15) is 0 Å². The van der Waals surface area contributed by atoms with Crippen LogP contribution in [0.15, 0.2) is 24.3 Å². The van der Waals surface area contributed by atoms with Crippen LogP contribution in [0, 0.1) is 5.41 Å². The molecule has 1 aromatic carbocycles. The molecule has 0 aliphatic heterocycles. The summed E-state index contributed by atoms with van der Waals surface area (Å²) in [5, 5.41) is 3.48. The predicted octanol–water partition coefficient (Wildman–Crippen LogP) is 3.03. The Morgan fingerprint density at radius 2 is 1.94 bits per heavy atom. The molecule has 0 heterocycles. The van der Waals surface area contributed by atoms with Gasteiger partial charge in [0, 0.05) is 11.5 Å². The average molecular weight is 246 g/mol. The van der Waals surface area contributed by atoms with Crippen LogP contribution >= 0.6 is 0 Å². The van der Waals surface area contributed by atoms with E-state index in [-0.39, 0.29) is 0 Å². The van der Waals surface area contributed by atoms with Gasteiger partial charge in [-0.3, -0.25) is 0 Å². The zero-order chi connectivity index (χ0) is 13.0. The van der Waals surface area contributed by atoms with Gasteiger partial charge in [0.15, 0.2) is 0 Å². The quantitative estimate of drug-likeness (QED) is 0.809. The van der Waals surface area contributed by atoms with Gasteiger partial charge in [-0.1, -0.05) is 44.0 Å². The van der Waals surface area contributed by atoms with Gasteiger partial charge in [-0.2, -0.15) is 0 Å². The number of benzene rings is 1. The number of hydrogen-bond acceptors (Lipinski definition) is 2. The van der Waals surface area contributed by atoms with E-state index in [2.05, 4.69) is 43.6 Å². The molecule has 0 spiro atoms. The van der Waals surface area contributed by atoms with Crippen LogP contribution in [0.4, 0.5) is 0 Å². The maximum absolute atomic E-state index is 6.02. The summed E-state index contributed by atoms with van der Waals surface area (Å²) in [7, 11) is 2.06. The van der Waals surface area contributed by atoms with Gasteiger partial charge < -0.3 is 11.1 Å². The topological polar surface area (TPSA) is 38.0 Å². The Morgan fingerprint density at radius 3 is 2.33 bits per heavy atom. The molecule has 1 fully saturated rings. The Bertz CT molecular complexity index is 360. The van der Waals surface area contributed by atoms with Gasteiger partial charge in [-0.15, -0.1) is 0 Å². The molecule has 18 heavy (non-hydrogen) atoms. The molecule has 100 valence electrons. The van der Waals surface area contributed by atoms with Crippen LogP contribution in [0.2, 0.25) is 0 Å². The van der Waals surface area contributed by atoms with Gasteiger partial charge in [-0.25, -0.2) is 0 Å². The molecule has 2 nitrogen and oxygen atoms in total. The molecular weight excluding hydrogens is 220 g/mol. The van der Waals surface area contributed by atoms with Crippen LogP contribution < -0.4 is 11.1 Å². The second-order valence-corrected chi connectivity index (χ2v) is 5.63. The summed E-state index contributed by atoms with van der Waals surface area (Å²) in [5.41, 5.74) is 9.14. The predicted molar refractivity (Wildman–Crippen MR) is 77.6 cm³/mol. The zero-order valence-corrected chi connectivity index (χ0v) is 11.7. The minimum atomic E-state index is 0.293. The summed E-state index contributed by atoms with van der Waals surface area (Å²) in [4.78, 5) is 0. The largest absolute Gasteiger partial charge is 0.330 e. The first-order chi connectivity index (χ1) is 8.75. The molecule has 0 aromatic heterocycles. The highest BCUT2D eigenvalue weighted by molar-refractivity contribution is 5.27. The van der Waals surface area contributed by atoms with E-state index in [1.54, 1.807) is 0 Å². The smallest absolute Gasteiger partial charge is 0.0386 e. The summed E-state index contributed by atoms with van der Waals surface area (Å²) < 4.78 is 0. The SMILES string of the molecule is CCCc1ccc(C(NC)C2(CN)CCC2)cc1. The monoisotopic (exact) mass is 246 g/mol. The van der Waals surface area contributed by atoms with Crippen LogP contribution in [0.3, 0.4) is 0 Å². The molecule has 0 saturated heterocycles. The van der Waals surface area contributed by atoms with Crippen molar-refractivity contribution in [1.82, 2.24) is 5.32 Å². The third kappa shape index (κ3) is 2.45. The van der Waals surface area contributed by atoms with Crippen molar-refractivity contribution >= 4 is 0 Å². The molecular formula is C16H26N2. The summed E-state index contributed by atoms with van der Waals surface area (Å²) in [6, 6.07) is 9.51. The van der Waals surface area contributed by atoms with E-state index >= 15 is 0 Å². The number of nitrogens with two attached hydrogens (primary N) is 1. The normalized spacial score (nSPS) is 19.3. The molecule has 3 N–H and O–H groups in total. The van der Waals surface area contributed by atoms with Gasteiger partial charge in [0.05, 0.1) is 0 Å². The lowest BCUT2D eigenvalue weighted by atomic mass is 9.62. The second-order valence-electron chi connectivity index (χ2n) is 5.63. The molecule has 1 aromatic rings. The highest BCUT2D eigenvalue weighted by Gasteiger charge is 2.42. The minimum Gasteiger partial charge on any atom is -0.330 e. The molecule has 0 radical (unpaired) electrons. The lowest BCUT2D eigenvalue weighted by Gasteiger charge is -2.47. The van der Waals surface area contributed by atoms with Crippen molar-refractivity contribution in [3.8, 4) is 0 Å². The lowest BCUT2D eigenvalue weighted by Crippen LogP contribution is -2.47. The Hall–Kier alpha value is -0.860. The Balaban J connectivity index is 2.17. The van der Waals surface area contributed by atoms with E-state index in [1.165, 1.54) is 43.2 Å². The maximum atomic E-state index is 6.02. The van der Waals surface area contributed by atoms with Crippen LogP contribution in [-0.4, -0.2) is 13.6 Å². The molecule has 1 atom stereocenters. The third-order valence-electron chi connectivity index (χ3n) is 4.51. The molecule has 1 aliphatic rings. The molecule has 1 aliphatic carbocycles. The van der Waals surface area contributed by atoms with E-state index in [0.29, 0.717) is 11.5 Å². The first-order valence-electron chi connectivity index (χ1n) is 7.22. The molecule has 1 saturated carbocycles. The number of nitrogens with one attached hydrogen (secondary N) is 1. The average Bonchev–Trinajstić information content (AvgIpc) is 2.35. The van der Waals surface area contributed by atoms with E-state index in [1.807, 2.05) is 0 Å². The number of rotatable bonds is 6. The van der Waals surface area contributed by atoms with Gasteiger partial charge in [0.2, 0.25) is 0 Å². The number of hydrogen-bond donors (Lipinski definition) is 2. The fourth-order valence-corrected chi connectivity index (χ4v) is 3.23. The Labute approximate surface area is 111 Å². The summed E-state index contributed by atoms with van der Waals surface area (Å²) in [6.07, 6.45) is 6.22. The highest BCUT2D eigenvalue weighted by Crippen LogP contribution is 2.49. The van der Waals surface area contributed by atoms with Crippen LogP contribution in [-0.2, 0) is 6.42 Å². The van der Waals surface area contributed by atoms with Gasteiger partial charge in [-0.05, 0) is 44.0 Å².